The Morgan fingerprint density at radius 1 is 1.22 bits per heavy atom. The molecule has 32 heavy (non-hydrogen) atoms. The summed E-state index contributed by atoms with van der Waals surface area (Å²) in [6.07, 6.45) is 7.35. The maximum atomic E-state index is 12.3. The van der Waals surface area contributed by atoms with E-state index >= 15 is 0 Å². The van der Waals surface area contributed by atoms with Gasteiger partial charge in [0.2, 0.25) is 5.91 Å². The highest BCUT2D eigenvalue weighted by molar-refractivity contribution is 5.91. The van der Waals surface area contributed by atoms with E-state index in [2.05, 4.69) is 5.32 Å². The van der Waals surface area contributed by atoms with Crippen molar-refractivity contribution in [2.45, 2.75) is 38.7 Å². The summed E-state index contributed by atoms with van der Waals surface area (Å²) in [4.78, 5) is 26.4. The van der Waals surface area contributed by atoms with Crippen molar-refractivity contribution in [3.8, 4) is 11.5 Å². The Balaban J connectivity index is 1.17. The maximum Gasteiger partial charge on any atom is 0.257 e. The van der Waals surface area contributed by atoms with E-state index in [4.69, 9.17) is 13.9 Å². The summed E-state index contributed by atoms with van der Waals surface area (Å²) in [5.41, 5.74) is 0.850. The fourth-order valence-electron chi connectivity index (χ4n) is 4.16. The molecular formula is C25H30N2O5. The topological polar surface area (TPSA) is 81.0 Å². The second-order valence-corrected chi connectivity index (χ2v) is 8.99. The van der Waals surface area contributed by atoms with Gasteiger partial charge in [-0.3, -0.25) is 9.59 Å². The highest BCUT2D eigenvalue weighted by Crippen LogP contribution is 2.41. The molecule has 2 amide bonds. The van der Waals surface area contributed by atoms with E-state index in [0.717, 1.165) is 30.6 Å². The first-order valence-electron chi connectivity index (χ1n) is 11.1. The molecule has 1 saturated heterocycles. The molecule has 1 aromatic heterocycles. The van der Waals surface area contributed by atoms with Gasteiger partial charge in [-0.05, 0) is 56.9 Å². The van der Waals surface area contributed by atoms with E-state index in [0.29, 0.717) is 37.1 Å². The van der Waals surface area contributed by atoms with Crippen LogP contribution in [0.4, 0.5) is 0 Å². The minimum absolute atomic E-state index is 0.0157. The number of likely N-dealkylation sites (tertiary alicyclic amines) is 1. The van der Waals surface area contributed by atoms with Crippen molar-refractivity contribution in [3.05, 3.63) is 54.0 Å². The van der Waals surface area contributed by atoms with Crippen molar-refractivity contribution in [1.82, 2.24) is 10.2 Å². The van der Waals surface area contributed by atoms with Gasteiger partial charge >= 0.3 is 0 Å². The van der Waals surface area contributed by atoms with E-state index in [9.17, 15) is 9.59 Å². The Morgan fingerprint density at radius 3 is 2.78 bits per heavy atom. The largest absolute Gasteiger partial charge is 0.483 e. The second-order valence-electron chi connectivity index (χ2n) is 8.99. The van der Waals surface area contributed by atoms with Gasteiger partial charge in [0.15, 0.2) is 18.1 Å². The number of rotatable bonds is 7. The van der Waals surface area contributed by atoms with Gasteiger partial charge in [0.25, 0.3) is 5.91 Å². The lowest BCUT2D eigenvalue weighted by Crippen LogP contribution is -2.41. The molecule has 0 spiro atoms. The zero-order chi connectivity index (χ0) is 22.6. The first-order chi connectivity index (χ1) is 15.4. The van der Waals surface area contributed by atoms with Crippen LogP contribution in [0.3, 0.4) is 0 Å². The molecule has 1 aromatic carbocycles. The van der Waals surface area contributed by atoms with Crippen LogP contribution in [0.25, 0.3) is 6.08 Å². The molecule has 0 unspecified atom stereocenters. The Kier molecular flexibility index (Phi) is 6.53. The van der Waals surface area contributed by atoms with Crippen LogP contribution in [-0.4, -0.2) is 48.6 Å². The molecule has 0 radical (unpaired) electrons. The lowest BCUT2D eigenvalue weighted by Gasteiger charge is -2.31. The minimum atomic E-state index is -0.255. The molecule has 0 bridgehead atoms. The number of furan rings is 1. The molecule has 2 aromatic rings. The zero-order valence-corrected chi connectivity index (χ0v) is 18.6. The van der Waals surface area contributed by atoms with Crippen molar-refractivity contribution in [2.24, 2.45) is 5.92 Å². The number of hydrogen-bond donors (Lipinski definition) is 1. The molecule has 2 aliphatic rings. The van der Waals surface area contributed by atoms with Gasteiger partial charge < -0.3 is 24.1 Å². The Hall–Kier alpha value is -3.22. The molecule has 1 fully saturated rings. The van der Waals surface area contributed by atoms with Crippen LogP contribution < -0.4 is 14.8 Å². The molecule has 0 saturated carbocycles. The molecule has 3 heterocycles. The number of nitrogens with zero attached hydrogens (tertiary/aromatic N) is 1. The predicted molar refractivity (Wildman–Crippen MR) is 120 cm³/mol. The first-order valence-corrected chi connectivity index (χ1v) is 11.1. The SMILES string of the molecule is CC1(C)Cc2cccc(OCC(=O)NCC3CCN(C(=O)C=Cc4ccco4)CC3)c2O1. The number of nitrogens with one attached hydrogen (secondary N) is 1. The number of carbonyl (C=O) groups excluding carboxylic acids is 2. The molecular weight excluding hydrogens is 408 g/mol. The Bertz CT molecular complexity index is 972. The monoisotopic (exact) mass is 438 g/mol. The van der Waals surface area contributed by atoms with Gasteiger partial charge in [0, 0.05) is 37.7 Å². The third-order valence-electron chi connectivity index (χ3n) is 5.86. The first kappa shape index (κ1) is 22.0. The van der Waals surface area contributed by atoms with Gasteiger partial charge in [0.05, 0.1) is 6.26 Å². The molecule has 7 nitrogen and oxygen atoms in total. The average molecular weight is 439 g/mol. The highest BCUT2D eigenvalue weighted by atomic mass is 16.5. The van der Waals surface area contributed by atoms with E-state index in [1.54, 1.807) is 30.5 Å². The number of para-hydroxylation sites is 1. The number of carbonyl (C=O) groups is 2. The third kappa shape index (κ3) is 5.52. The number of fused-ring (bicyclic) bond motifs is 1. The van der Waals surface area contributed by atoms with Crippen LogP contribution in [0, 0.1) is 5.92 Å². The van der Waals surface area contributed by atoms with Gasteiger partial charge in [-0.15, -0.1) is 0 Å². The molecule has 170 valence electrons. The molecule has 0 atom stereocenters. The maximum absolute atomic E-state index is 12.3. The smallest absolute Gasteiger partial charge is 0.257 e. The van der Waals surface area contributed by atoms with Crippen molar-refractivity contribution >= 4 is 17.9 Å². The van der Waals surface area contributed by atoms with Crippen molar-refractivity contribution in [2.75, 3.05) is 26.2 Å². The Morgan fingerprint density at radius 2 is 2.03 bits per heavy atom. The number of benzene rings is 1. The van der Waals surface area contributed by atoms with Crippen LogP contribution in [-0.2, 0) is 16.0 Å². The van der Waals surface area contributed by atoms with Crippen LogP contribution in [0.5, 0.6) is 11.5 Å². The number of ether oxygens (including phenoxy) is 2. The van der Waals surface area contributed by atoms with Crippen molar-refractivity contribution in [3.63, 3.8) is 0 Å². The van der Waals surface area contributed by atoms with Gasteiger partial charge in [-0.1, -0.05) is 12.1 Å². The fourth-order valence-corrected chi connectivity index (χ4v) is 4.16. The number of amides is 2. The van der Waals surface area contributed by atoms with Gasteiger partial charge in [0.1, 0.15) is 11.4 Å². The van der Waals surface area contributed by atoms with Crippen LogP contribution in [0.1, 0.15) is 38.0 Å². The molecule has 2 aliphatic heterocycles. The van der Waals surface area contributed by atoms with E-state index in [1.165, 1.54) is 0 Å². The molecule has 1 N–H and O–H groups in total. The minimum Gasteiger partial charge on any atom is -0.483 e. The number of hydrogen-bond acceptors (Lipinski definition) is 5. The summed E-state index contributed by atoms with van der Waals surface area (Å²) in [6, 6.07) is 9.38. The summed E-state index contributed by atoms with van der Waals surface area (Å²) in [5, 5.41) is 2.96. The summed E-state index contributed by atoms with van der Waals surface area (Å²) in [7, 11) is 0. The summed E-state index contributed by atoms with van der Waals surface area (Å²) >= 11 is 0. The molecule has 7 heteroatoms. The fraction of sp³-hybridized carbons (Fsp3) is 0.440. The summed E-state index contributed by atoms with van der Waals surface area (Å²) in [6.45, 7) is 5.98. The van der Waals surface area contributed by atoms with Crippen LogP contribution in [0.2, 0.25) is 0 Å². The predicted octanol–water partition coefficient (Wildman–Crippen LogP) is 3.44. The normalized spacial score (nSPS) is 17.8. The zero-order valence-electron chi connectivity index (χ0n) is 18.6. The lowest BCUT2D eigenvalue weighted by molar-refractivity contribution is -0.128. The van der Waals surface area contributed by atoms with Crippen molar-refractivity contribution < 1.29 is 23.5 Å². The molecule has 4 rings (SSSR count). The van der Waals surface area contributed by atoms with E-state index < -0.39 is 0 Å². The average Bonchev–Trinajstić information content (AvgIpc) is 3.41. The third-order valence-corrected chi connectivity index (χ3v) is 5.86. The Labute approximate surface area is 188 Å². The van der Waals surface area contributed by atoms with Crippen LogP contribution >= 0.6 is 0 Å². The summed E-state index contributed by atoms with van der Waals surface area (Å²) in [5.74, 6) is 2.19. The van der Waals surface area contributed by atoms with E-state index in [-0.39, 0.29) is 24.0 Å². The van der Waals surface area contributed by atoms with Gasteiger partial charge in [-0.25, -0.2) is 0 Å². The van der Waals surface area contributed by atoms with Gasteiger partial charge in [-0.2, -0.15) is 0 Å². The highest BCUT2D eigenvalue weighted by Gasteiger charge is 2.32. The number of piperidine rings is 1. The lowest BCUT2D eigenvalue weighted by atomic mass is 9.96. The quantitative estimate of drug-likeness (QED) is 0.670. The van der Waals surface area contributed by atoms with E-state index in [1.807, 2.05) is 36.9 Å². The second kappa shape index (κ2) is 9.51. The van der Waals surface area contributed by atoms with Crippen LogP contribution in [0.15, 0.2) is 47.1 Å². The van der Waals surface area contributed by atoms with Crippen molar-refractivity contribution in [1.29, 1.82) is 0 Å². The molecule has 0 aliphatic carbocycles. The summed E-state index contributed by atoms with van der Waals surface area (Å²) < 4.78 is 16.9. The standard InChI is InChI=1S/C25H30N2O5/c1-25(2)15-19-5-3-7-21(24(19)32-25)31-17-22(28)26-16-18-10-12-27(13-11-18)23(29)9-8-20-6-4-14-30-20/h3-9,14,18H,10-13,15-17H2,1-2H3,(H,26,28).